The van der Waals surface area contributed by atoms with Gasteiger partial charge in [0.1, 0.15) is 5.75 Å². The Hall–Kier alpha value is -3.60. The van der Waals surface area contributed by atoms with Gasteiger partial charge in [-0.2, -0.15) is 0 Å². The van der Waals surface area contributed by atoms with E-state index in [1.807, 2.05) is 6.07 Å². The molecule has 25 heavy (non-hydrogen) atoms. The molecule has 0 radical (unpaired) electrons. The molecule has 0 aliphatic carbocycles. The number of carboxylic acid groups (broad SMARTS) is 2. The van der Waals surface area contributed by atoms with Crippen molar-refractivity contribution in [2.45, 2.75) is 0 Å². The Morgan fingerprint density at radius 1 is 0.520 bits per heavy atom. The summed E-state index contributed by atoms with van der Waals surface area (Å²) in [6, 6.07) is 25.3. The van der Waals surface area contributed by atoms with Crippen LogP contribution in [0.25, 0.3) is 0 Å². The van der Waals surface area contributed by atoms with Gasteiger partial charge in [0.15, 0.2) is 0 Å². The van der Waals surface area contributed by atoms with Gasteiger partial charge in [-0.15, -0.1) is 0 Å². The van der Waals surface area contributed by atoms with Gasteiger partial charge in [0.25, 0.3) is 0 Å². The van der Waals surface area contributed by atoms with Crippen LogP contribution >= 0.6 is 0 Å². The van der Waals surface area contributed by atoms with Crippen LogP contribution in [-0.2, 0) is 0 Å². The maximum atomic E-state index is 10.2. The first-order valence-corrected chi connectivity index (χ1v) is 7.31. The zero-order chi connectivity index (χ0) is 18.5. The number of aromatic hydroxyl groups is 1. The SMILES string of the molecule is O=C(O)c1ccccc1.O=C(O)c1ccccc1.Oc1ccccc1. The van der Waals surface area contributed by atoms with Crippen molar-refractivity contribution < 1.29 is 24.9 Å². The molecule has 128 valence electrons. The van der Waals surface area contributed by atoms with E-state index in [1.54, 1.807) is 84.9 Å². The second kappa shape index (κ2) is 11.0. The molecule has 0 heterocycles. The monoisotopic (exact) mass is 338 g/mol. The van der Waals surface area contributed by atoms with Gasteiger partial charge in [-0.05, 0) is 36.4 Å². The van der Waals surface area contributed by atoms with Crippen molar-refractivity contribution in [3.05, 3.63) is 102 Å². The number of aromatic carboxylic acids is 2. The predicted molar refractivity (Wildman–Crippen MR) is 94.9 cm³/mol. The first-order valence-electron chi connectivity index (χ1n) is 7.31. The quantitative estimate of drug-likeness (QED) is 0.652. The van der Waals surface area contributed by atoms with Crippen LogP contribution in [-0.4, -0.2) is 27.3 Å². The standard InChI is InChI=1S/2C7H6O2.C6H6O/c2*8-7(9)6-4-2-1-3-5-6;7-6-4-2-1-3-5-6/h2*1-5H,(H,8,9);1-5,7H. The summed E-state index contributed by atoms with van der Waals surface area (Å²) in [5, 5.41) is 25.4. The highest BCUT2D eigenvalue weighted by molar-refractivity contribution is 5.87. The van der Waals surface area contributed by atoms with Gasteiger partial charge in [-0.1, -0.05) is 54.6 Å². The van der Waals surface area contributed by atoms with Crippen LogP contribution in [0.2, 0.25) is 0 Å². The topological polar surface area (TPSA) is 94.8 Å². The Morgan fingerprint density at radius 2 is 0.800 bits per heavy atom. The maximum absolute atomic E-state index is 10.2. The lowest BCUT2D eigenvalue weighted by molar-refractivity contribution is 0.0686. The molecule has 3 aromatic rings. The zero-order valence-electron chi connectivity index (χ0n) is 13.3. The van der Waals surface area contributed by atoms with E-state index in [0.717, 1.165) is 0 Å². The Balaban J connectivity index is 0.000000189. The molecule has 0 atom stereocenters. The lowest BCUT2D eigenvalue weighted by Crippen LogP contribution is -1.93. The highest BCUT2D eigenvalue weighted by Gasteiger charge is 1.97. The van der Waals surface area contributed by atoms with Crippen molar-refractivity contribution in [2.24, 2.45) is 0 Å². The second-order valence-corrected chi connectivity index (χ2v) is 4.68. The molecule has 0 aromatic heterocycles. The van der Waals surface area contributed by atoms with E-state index < -0.39 is 11.9 Å². The average Bonchev–Trinajstić information content (AvgIpc) is 2.65. The van der Waals surface area contributed by atoms with Crippen LogP contribution in [0.5, 0.6) is 5.75 Å². The summed E-state index contributed by atoms with van der Waals surface area (Å²) in [5.41, 5.74) is 0.662. The molecule has 0 fully saturated rings. The van der Waals surface area contributed by atoms with Gasteiger partial charge >= 0.3 is 11.9 Å². The van der Waals surface area contributed by atoms with Gasteiger partial charge in [-0.3, -0.25) is 0 Å². The van der Waals surface area contributed by atoms with Crippen LogP contribution in [0, 0.1) is 0 Å². The van der Waals surface area contributed by atoms with Crippen molar-refractivity contribution in [3.63, 3.8) is 0 Å². The van der Waals surface area contributed by atoms with E-state index in [0.29, 0.717) is 16.9 Å². The molecule has 0 unspecified atom stereocenters. The maximum Gasteiger partial charge on any atom is 0.335 e. The molecular formula is C20H18O5. The average molecular weight is 338 g/mol. The summed E-state index contributed by atoms with van der Waals surface area (Å²) < 4.78 is 0. The third kappa shape index (κ3) is 8.56. The number of hydrogen-bond donors (Lipinski definition) is 3. The van der Waals surface area contributed by atoms with Crippen LogP contribution in [0.1, 0.15) is 20.7 Å². The third-order valence-electron chi connectivity index (χ3n) is 2.80. The van der Waals surface area contributed by atoms with Gasteiger partial charge < -0.3 is 15.3 Å². The molecule has 0 aliphatic heterocycles. The molecular weight excluding hydrogens is 320 g/mol. The Labute approximate surface area is 145 Å². The lowest BCUT2D eigenvalue weighted by atomic mass is 10.2. The number of phenolic OH excluding ortho intramolecular Hbond substituents is 1. The Kier molecular flexibility index (Phi) is 8.57. The Morgan fingerprint density at radius 3 is 0.960 bits per heavy atom. The molecule has 0 saturated carbocycles. The van der Waals surface area contributed by atoms with E-state index in [2.05, 4.69) is 0 Å². The molecule has 0 spiro atoms. The van der Waals surface area contributed by atoms with Crippen LogP contribution in [0.15, 0.2) is 91.0 Å². The van der Waals surface area contributed by atoms with Gasteiger partial charge in [0, 0.05) is 0 Å². The predicted octanol–water partition coefficient (Wildman–Crippen LogP) is 4.16. The normalized spacial score (nSPS) is 8.80. The molecule has 0 saturated heterocycles. The number of phenols is 1. The summed E-state index contributed by atoms with van der Waals surface area (Å²) in [6.07, 6.45) is 0. The van der Waals surface area contributed by atoms with E-state index >= 15 is 0 Å². The molecule has 5 heteroatoms. The fourth-order valence-electron chi connectivity index (χ4n) is 1.59. The number of para-hydroxylation sites is 1. The minimum atomic E-state index is -0.879. The summed E-state index contributed by atoms with van der Waals surface area (Å²) in [4.78, 5) is 20.4. The smallest absolute Gasteiger partial charge is 0.335 e. The van der Waals surface area contributed by atoms with E-state index in [1.165, 1.54) is 0 Å². The molecule has 0 bridgehead atoms. The number of carboxylic acids is 2. The van der Waals surface area contributed by atoms with Crippen molar-refractivity contribution in [1.82, 2.24) is 0 Å². The minimum absolute atomic E-state index is 0.322. The minimum Gasteiger partial charge on any atom is -0.508 e. The van der Waals surface area contributed by atoms with E-state index in [-0.39, 0.29) is 0 Å². The van der Waals surface area contributed by atoms with Gasteiger partial charge in [0.05, 0.1) is 11.1 Å². The molecule has 5 nitrogen and oxygen atoms in total. The fourth-order valence-corrected chi connectivity index (χ4v) is 1.59. The van der Waals surface area contributed by atoms with Crippen molar-refractivity contribution in [1.29, 1.82) is 0 Å². The molecule has 0 amide bonds. The Bertz CT molecular complexity index is 706. The highest BCUT2D eigenvalue weighted by Crippen LogP contribution is 2.02. The summed E-state index contributed by atoms with van der Waals surface area (Å²) in [7, 11) is 0. The molecule has 3 aromatic carbocycles. The van der Waals surface area contributed by atoms with Crippen molar-refractivity contribution in [2.75, 3.05) is 0 Å². The highest BCUT2D eigenvalue weighted by atomic mass is 16.4. The number of hydrogen-bond acceptors (Lipinski definition) is 3. The van der Waals surface area contributed by atoms with Gasteiger partial charge in [-0.25, -0.2) is 9.59 Å². The second-order valence-electron chi connectivity index (χ2n) is 4.68. The van der Waals surface area contributed by atoms with Gasteiger partial charge in [0.2, 0.25) is 0 Å². The first-order chi connectivity index (χ1) is 12.0. The zero-order valence-corrected chi connectivity index (χ0v) is 13.3. The third-order valence-corrected chi connectivity index (χ3v) is 2.80. The van der Waals surface area contributed by atoms with Crippen LogP contribution in [0.4, 0.5) is 0 Å². The fraction of sp³-hybridized carbons (Fsp3) is 0. The first kappa shape index (κ1) is 19.4. The van der Waals surface area contributed by atoms with Crippen LogP contribution in [0.3, 0.4) is 0 Å². The molecule has 3 rings (SSSR count). The lowest BCUT2D eigenvalue weighted by Gasteiger charge is -1.88. The van der Waals surface area contributed by atoms with Crippen molar-refractivity contribution in [3.8, 4) is 5.75 Å². The largest absolute Gasteiger partial charge is 0.508 e. The molecule has 0 aliphatic rings. The van der Waals surface area contributed by atoms with Crippen molar-refractivity contribution >= 4 is 11.9 Å². The van der Waals surface area contributed by atoms with E-state index in [4.69, 9.17) is 15.3 Å². The number of carbonyl (C=O) groups is 2. The summed E-state index contributed by atoms with van der Waals surface area (Å²) in [6.45, 7) is 0. The summed E-state index contributed by atoms with van der Waals surface area (Å²) >= 11 is 0. The van der Waals surface area contributed by atoms with E-state index in [9.17, 15) is 9.59 Å². The van der Waals surface area contributed by atoms with Crippen LogP contribution < -0.4 is 0 Å². The summed E-state index contributed by atoms with van der Waals surface area (Å²) in [5.74, 6) is -1.44. The number of rotatable bonds is 2. The number of benzene rings is 3. The molecule has 3 N–H and O–H groups in total.